The average Bonchev–Trinajstić information content (AvgIpc) is 2.42. The van der Waals surface area contributed by atoms with Gasteiger partial charge in [-0.2, -0.15) is 0 Å². The highest BCUT2D eigenvalue weighted by Gasteiger charge is 2.04. The lowest BCUT2D eigenvalue weighted by molar-refractivity contribution is -0.140. The number of carbonyl (C=O) groups excluding carboxylic acids is 1. The minimum atomic E-state index is -0.162. The van der Waals surface area contributed by atoms with Crippen molar-refractivity contribution < 1.29 is 14.3 Å². The Bertz CT molecular complexity index is 375. The van der Waals surface area contributed by atoms with E-state index in [-0.39, 0.29) is 12.0 Å². The number of rotatable bonds is 8. The molecule has 0 radical (unpaired) electrons. The molecule has 0 saturated carbocycles. The number of hydrogen-bond donors (Lipinski definition) is 1. The Morgan fingerprint density at radius 3 is 2.63 bits per heavy atom. The second-order valence-electron chi connectivity index (χ2n) is 4.66. The number of carbonyl (C=O) groups is 1. The van der Waals surface area contributed by atoms with Crippen LogP contribution in [-0.4, -0.2) is 32.3 Å². The molecule has 4 nitrogen and oxygen atoms in total. The van der Waals surface area contributed by atoms with Crippen LogP contribution in [0.3, 0.4) is 0 Å². The van der Waals surface area contributed by atoms with Crippen molar-refractivity contribution in [1.29, 1.82) is 0 Å². The highest BCUT2D eigenvalue weighted by molar-refractivity contribution is 5.69. The van der Waals surface area contributed by atoms with Gasteiger partial charge in [-0.25, -0.2) is 0 Å². The van der Waals surface area contributed by atoms with Crippen LogP contribution in [0.5, 0.6) is 5.75 Å². The van der Waals surface area contributed by atoms with Crippen LogP contribution >= 0.6 is 0 Å². The molecule has 0 heterocycles. The zero-order chi connectivity index (χ0) is 14.1. The van der Waals surface area contributed by atoms with E-state index in [9.17, 15) is 4.79 Å². The van der Waals surface area contributed by atoms with Crippen LogP contribution in [-0.2, 0) is 9.53 Å². The van der Waals surface area contributed by atoms with Gasteiger partial charge in [-0.1, -0.05) is 17.7 Å². The summed E-state index contributed by atoms with van der Waals surface area (Å²) in [5.74, 6) is 0.721. The Labute approximate surface area is 115 Å². The Hall–Kier alpha value is -1.55. The van der Waals surface area contributed by atoms with Crippen molar-refractivity contribution in [2.24, 2.45) is 0 Å². The molecule has 0 saturated heterocycles. The van der Waals surface area contributed by atoms with Gasteiger partial charge in [0.2, 0.25) is 0 Å². The molecule has 1 aromatic carbocycles. The smallest absolute Gasteiger partial charge is 0.305 e. The fraction of sp³-hybridized carbons (Fsp3) is 0.533. The maximum Gasteiger partial charge on any atom is 0.305 e. The molecule has 1 N–H and O–H groups in total. The Morgan fingerprint density at radius 1 is 1.32 bits per heavy atom. The van der Waals surface area contributed by atoms with E-state index in [1.54, 1.807) is 0 Å². The first-order valence-corrected chi connectivity index (χ1v) is 6.61. The number of hydrogen-bond acceptors (Lipinski definition) is 4. The molecular weight excluding hydrogens is 242 g/mol. The summed E-state index contributed by atoms with van der Waals surface area (Å²) >= 11 is 0. The molecule has 1 atom stereocenters. The van der Waals surface area contributed by atoms with E-state index in [0.717, 1.165) is 18.7 Å². The Kier molecular flexibility index (Phi) is 6.97. The van der Waals surface area contributed by atoms with Crippen molar-refractivity contribution in [2.45, 2.75) is 32.7 Å². The lowest BCUT2D eigenvalue weighted by atomic mass is 10.2. The molecule has 0 aromatic heterocycles. The highest BCUT2D eigenvalue weighted by atomic mass is 16.5. The van der Waals surface area contributed by atoms with Gasteiger partial charge in [0.15, 0.2) is 0 Å². The van der Waals surface area contributed by atoms with E-state index in [2.05, 4.69) is 23.9 Å². The van der Waals surface area contributed by atoms with Gasteiger partial charge in [-0.15, -0.1) is 0 Å². The third-order valence-electron chi connectivity index (χ3n) is 2.80. The summed E-state index contributed by atoms with van der Waals surface area (Å²) in [5.41, 5.74) is 1.22. The fourth-order valence-electron chi connectivity index (χ4n) is 1.60. The van der Waals surface area contributed by atoms with E-state index < -0.39 is 0 Å². The highest BCUT2D eigenvalue weighted by Crippen LogP contribution is 2.11. The van der Waals surface area contributed by atoms with Crippen molar-refractivity contribution in [1.82, 2.24) is 5.32 Å². The van der Waals surface area contributed by atoms with Crippen LogP contribution in [0.4, 0.5) is 0 Å². The van der Waals surface area contributed by atoms with E-state index in [1.807, 2.05) is 24.3 Å². The maximum atomic E-state index is 10.9. The van der Waals surface area contributed by atoms with Gasteiger partial charge in [0.25, 0.3) is 0 Å². The van der Waals surface area contributed by atoms with Gasteiger partial charge in [0, 0.05) is 12.5 Å². The van der Waals surface area contributed by atoms with Crippen LogP contribution in [0.2, 0.25) is 0 Å². The van der Waals surface area contributed by atoms with Gasteiger partial charge in [0.05, 0.1) is 7.11 Å². The van der Waals surface area contributed by atoms with Crippen molar-refractivity contribution in [2.75, 3.05) is 20.3 Å². The van der Waals surface area contributed by atoms with Crippen LogP contribution in [0.1, 0.15) is 25.3 Å². The molecule has 1 rings (SSSR count). The zero-order valence-corrected chi connectivity index (χ0v) is 11.9. The van der Waals surface area contributed by atoms with Crippen molar-refractivity contribution in [3.63, 3.8) is 0 Å². The third kappa shape index (κ3) is 6.82. The standard InChI is InChI=1S/C15H23NO3/c1-12-6-8-14(9-7-12)19-11-13(2)16-10-4-5-15(17)18-3/h6-9,13,16H,4-5,10-11H2,1-3H3. The molecule has 0 bridgehead atoms. The van der Waals surface area contributed by atoms with Crippen LogP contribution in [0.15, 0.2) is 24.3 Å². The van der Waals surface area contributed by atoms with Crippen LogP contribution in [0, 0.1) is 6.92 Å². The summed E-state index contributed by atoms with van der Waals surface area (Å²) in [7, 11) is 1.41. The molecule has 0 aliphatic carbocycles. The Balaban J connectivity index is 2.12. The van der Waals surface area contributed by atoms with Crippen LogP contribution < -0.4 is 10.1 Å². The molecule has 0 fully saturated rings. The number of esters is 1. The lowest BCUT2D eigenvalue weighted by Crippen LogP contribution is -2.32. The molecule has 1 unspecified atom stereocenters. The first-order chi connectivity index (χ1) is 9.11. The number of methoxy groups -OCH3 is 1. The van der Waals surface area contributed by atoms with Crippen molar-refractivity contribution >= 4 is 5.97 Å². The van der Waals surface area contributed by atoms with Crippen molar-refractivity contribution in [3.05, 3.63) is 29.8 Å². The van der Waals surface area contributed by atoms with Crippen molar-refractivity contribution in [3.8, 4) is 5.75 Å². The predicted molar refractivity (Wildman–Crippen MR) is 75.4 cm³/mol. The lowest BCUT2D eigenvalue weighted by Gasteiger charge is -2.14. The first-order valence-electron chi connectivity index (χ1n) is 6.61. The summed E-state index contributed by atoms with van der Waals surface area (Å²) in [6.07, 6.45) is 1.23. The summed E-state index contributed by atoms with van der Waals surface area (Å²) in [5, 5.41) is 3.31. The quantitative estimate of drug-likeness (QED) is 0.579. The average molecular weight is 265 g/mol. The molecule has 0 amide bonds. The monoisotopic (exact) mass is 265 g/mol. The molecule has 0 spiro atoms. The number of ether oxygens (including phenoxy) is 2. The molecule has 19 heavy (non-hydrogen) atoms. The van der Waals surface area contributed by atoms with E-state index in [4.69, 9.17) is 4.74 Å². The third-order valence-corrected chi connectivity index (χ3v) is 2.80. The number of benzene rings is 1. The number of aryl methyl sites for hydroxylation is 1. The minimum Gasteiger partial charge on any atom is -0.492 e. The molecular formula is C15H23NO3. The largest absolute Gasteiger partial charge is 0.492 e. The van der Waals surface area contributed by atoms with Crippen LogP contribution in [0.25, 0.3) is 0 Å². The van der Waals surface area contributed by atoms with Gasteiger partial charge in [0.1, 0.15) is 12.4 Å². The molecule has 1 aromatic rings. The Morgan fingerprint density at radius 2 is 2.00 bits per heavy atom. The van der Waals surface area contributed by atoms with E-state index in [1.165, 1.54) is 12.7 Å². The number of nitrogens with one attached hydrogen (secondary N) is 1. The summed E-state index contributed by atoms with van der Waals surface area (Å²) in [6, 6.07) is 8.26. The first kappa shape index (κ1) is 15.5. The van der Waals surface area contributed by atoms with E-state index in [0.29, 0.717) is 13.0 Å². The van der Waals surface area contributed by atoms with Gasteiger partial charge in [-0.05, 0) is 38.9 Å². The van der Waals surface area contributed by atoms with Gasteiger partial charge in [-0.3, -0.25) is 4.79 Å². The normalized spacial score (nSPS) is 11.9. The maximum absolute atomic E-state index is 10.9. The van der Waals surface area contributed by atoms with E-state index >= 15 is 0 Å². The fourth-order valence-corrected chi connectivity index (χ4v) is 1.60. The second kappa shape index (κ2) is 8.53. The topological polar surface area (TPSA) is 47.6 Å². The summed E-state index contributed by atoms with van der Waals surface area (Å²) in [6.45, 7) is 5.51. The molecule has 0 aliphatic heterocycles. The molecule has 4 heteroatoms. The SMILES string of the molecule is COC(=O)CCCNC(C)COc1ccc(C)cc1. The van der Waals surface area contributed by atoms with Gasteiger partial charge < -0.3 is 14.8 Å². The predicted octanol–water partition coefficient (Wildman–Crippen LogP) is 2.31. The van der Waals surface area contributed by atoms with Gasteiger partial charge >= 0.3 is 5.97 Å². The summed E-state index contributed by atoms with van der Waals surface area (Å²) in [4.78, 5) is 10.9. The minimum absolute atomic E-state index is 0.162. The summed E-state index contributed by atoms with van der Waals surface area (Å²) < 4.78 is 10.2. The zero-order valence-electron chi connectivity index (χ0n) is 11.9. The molecule has 0 aliphatic rings. The molecule has 106 valence electrons. The second-order valence-corrected chi connectivity index (χ2v) is 4.66.